The molecule has 0 aliphatic heterocycles. The van der Waals surface area contributed by atoms with E-state index in [0.29, 0.717) is 37.1 Å². The first kappa shape index (κ1) is 40.2. The van der Waals surface area contributed by atoms with Gasteiger partial charge < -0.3 is 21.1 Å². The number of hydrogen-bond acceptors (Lipinski definition) is 6. The largest absolute Gasteiger partial charge is 0.391 e. The number of carbonyl (C=O) groups is 3. The van der Waals surface area contributed by atoms with Gasteiger partial charge in [-0.15, -0.1) is 0 Å². The first-order valence-corrected chi connectivity index (χ1v) is 19.0. The molecule has 0 saturated carbocycles. The number of nitrogens with one attached hydrogen (secondary N) is 3. The third-order valence-electron chi connectivity index (χ3n) is 8.68. The van der Waals surface area contributed by atoms with Gasteiger partial charge in [0.15, 0.2) is 0 Å². The molecule has 0 fully saturated rings. The maximum Gasteiger partial charge on any atom is 0.251 e. The Hall–Kier alpha value is -4.22. The van der Waals surface area contributed by atoms with Gasteiger partial charge in [-0.3, -0.25) is 18.7 Å². The molecule has 11 heteroatoms. The number of sulfonamides is 1. The Morgan fingerprint density at radius 3 is 2.00 bits per heavy atom. The van der Waals surface area contributed by atoms with Crippen LogP contribution < -0.4 is 20.3 Å². The van der Waals surface area contributed by atoms with Gasteiger partial charge in [0.05, 0.1) is 23.6 Å². The number of nitrogens with zero attached hydrogens (tertiary/aromatic N) is 1. The average Bonchev–Trinajstić information content (AvgIpc) is 3.08. The quantitative estimate of drug-likeness (QED) is 0.131. The second-order valence-electron chi connectivity index (χ2n) is 13.7. The van der Waals surface area contributed by atoms with Gasteiger partial charge in [-0.25, -0.2) is 8.42 Å². The van der Waals surface area contributed by atoms with Crippen LogP contribution in [0, 0.1) is 17.8 Å². The maximum absolute atomic E-state index is 13.6. The standard InChI is InChI=1S/C39H54N4O6S/c1-7-15-31(38(46)42-36(28(4)5)39(47)40-25-29-16-10-8-11-17-29)24-35(44)34(22-27(2)3)41-37(45)32-20-14-21-33(23-32)43(6)50(48,49)26-30-18-12-9-13-19-30/h8-14,16-21,23,27-28,31,34-36,44H,7,15,22,24-26H2,1-6H3,(H,40,47)(H,41,45)(H,42,46)/t31-,34-,35-,36-/m0/s1. The Kier molecular flexibility index (Phi) is 15.5. The molecule has 0 spiro atoms. The van der Waals surface area contributed by atoms with Crippen LogP contribution in [0.4, 0.5) is 5.69 Å². The highest BCUT2D eigenvalue weighted by molar-refractivity contribution is 7.92. The van der Waals surface area contributed by atoms with Gasteiger partial charge in [-0.1, -0.05) is 108 Å². The highest BCUT2D eigenvalue weighted by Crippen LogP contribution is 2.23. The zero-order valence-corrected chi connectivity index (χ0v) is 31.0. The van der Waals surface area contributed by atoms with E-state index in [1.54, 1.807) is 42.5 Å². The van der Waals surface area contributed by atoms with Crippen molar-refractivity contribution in [1.82, 2.24) is 16.0 Å². The monoisotopic (exact) mass is 706 g/mol. The zero-order chi connectivity index (χ0) is 36.8. The fraction of sp³-hybridized carbons (Fsp3) is 0.462. The number of rotatable bonds is 19. The number of aliphatic hydroxyl groups excluding tert-OH is 1. The molecule has 3 amide bonds. The summed E-state index contributed by atoms with van der Waals surface area (Å²) < 4.78 is 27.5. The van der Waals surface area contributed by atoms with Gasteiger partial charge in [0.1, 0.15) is 6.04 Å². The first-order chi connectivity index (χ1) is 23.7. The van der Waals surface area contributed by atoms with E-state index >= 15 is 0 Å². The van der Waals surface area contributed by atoms with Crippen LogP contribution in [-0.2, 0) is 31.9 Å². The van der Waals surface area contributed by atoms with Crippen LogP contribution in [0.3, 0.4) is 0 Å². The molecule has 0 saturated heterocycles. The minimum atomic E-state index is -3.73. The van der Waals surface area contributed by atoms with Crippen molar-refractivity contribution in [1.29, 1.82) is 0 Å². The molecular formula is C39H54N4O6S. The van der Waals surface area contributed by atoms with E-state index in [-0.39, 0.29) is 41.4 Å². The predicted octanol–water partition coefficient (Wildman–Crippen LogP) is 5.42. The van der Waals surface area contributed by atoms with Crippen molar-refractivity contribution in [3.05, 3.63) is 102 Å². The summed E-state index contributed by atoms with van der Waals surface area (Å²) in [6.45, 7) is 10.0. The number of benzene rings is 3. The molecule has 4 N–H and O–H groups in total. The lowest BCUT2D eigenvalue weighted by atomic mass is 9.88. The van der Waals surface area contributed by atoms with Crippen LogP contribution in [0.25, 0.3) is 0 Å². The molecule has 0 aromatic heterocycles. The second kappa shape index (κ2) is 19.2. The summed E-state index contributed by atoms with van der Waals surface area (Å²) in [7, 11) is -2.27. The smallest absolute Gasteiger partial charge is 0.251 e. The maximum atomic E-state index is 13.6. The minimum absolute atomic E-state index is 0.0916. The van der Waals surface area contributed by atoms with Gasteiger partial charge in [-0.05, 0) is 60.4 Å². The number of hydrogen-bond donors (Lipinski definition) is 4. The van der Waals surface area contributed by atoms with Gasteiger partial charge >= 0.3 is 0 Å². The third kappa shape index (κ3) is 12.3. The molecule has 10 nitrogen and oxygen atoms in total. The second-order valence-corrected chi connectivity index (χ2v) is 15.7. The van der Waals surface area contributed by atoms with Crippen LogP contribution in [-0.4, -0.2) is 56.5 Å². The lowest BCUT2D eigenvalue weighted by Gasteiger charge is -2.30. The molecule has 0 bridgehead atoms. The average molecular weight is 707 g/mol. The summed E-state index contributed by atoms with van der Waals surface area (Å²) in [6, 6.07) is 23.3. The summed E-state index contributed by atoms with van der Waals surface area (Å²) in [5, 5.41) is 20.3. The van der Waals surface area contributed by atoms with Crippen LogP contribution in [0.1, 0.15) is 81.8 Å². The third-order valence-corrected chi connectivity index (χ3v) is 10.4. The SMILES string of the molecule is CCC[C@@H](C[C@H](O)[C@H](CC(C)C)NC(=O)c1cccc(N(C)S(=O)(=O)Cc2ccccc2)c1)C(=O)N[C@H](C(=O)NCc1ccccc1)C(C)C. The van der Waals surface area contributed by atoms with E-state index in [4.69, 9.17) is 0 Å². The van der Waals surface area contributed by atoms with Crippen molar-refractivity contribution in [3.63, 3.8) is 0 Å². The van der Waals surface area contributed by atoms with Gasteiger partial charge in [0, 0.05) is 25.1 Å². The summed E-state index contributed by atoms with van der Waals surface area (Å²) in [5.74, 6) is -1.88. The summed E-state index contributed by atoms with van der Waals surface area (Å²) in [6.07, 6.45) is 0.674. The lowest BCUT2D eigenvalue weighted by Crippen LogP contribution is -2.52. The molecule has 3 aromatic rings. The van der Waals surface area contributed by atoms with E-state index in [9.17, 15) is 27.9 Å². The van der Waals surface area contributed by atoms with Gasteiger partial charge in [-0.2, -0.15) is 0 Å². The normalized spacial score (nSPS) is 14.0. The number of aliphatic hydroxyl groups is 1. The minimum Gasteiger partial charge on any atom is -0.391 e. The molecule has 4 atom stereocenters. The Bertz CT molecular complexity index is 1630. The molecule has 0 aliphatic rings. The first-order valence-electron chi connectivity index (χ1n) is 17.4. The van der Waals surface area contributed by atoms with Crippen molar-refractivity contribution in [3.8, 4) is 0 Å². The van der Waals surface area contributed by atoms with Crippen molar-refractivity contribution in [2.75, 3.05) is 11.4 Å². The molecule has 0 heterocycles. The zero-order valence-electron chi connectivity index (χ0n) is 30.1. The highest BCUT2D eigenvalue weighted by Gasteiger charge is 2.32. The number of amides is 3. The molecule has 50 heavy (non-hydrogen) atoms. The van der Waals surface area contributed by atoms with Gasteiger partial charge in [0.25, 0.3) is 5.91 Å². The number of carbonyl (C=O) groups excluding carboxylic acids is 3. The van der Waals surface area contributed by atoms with E-state index in [1.165, 1.54) is 13.1 Å². The molecule has 272 valence electrons. The van der Waals surface area contributed by atoms with Crippen molar-refractivity contribution in [2.45, 2.75) is 90.8 Å². The summed E-state index contributed by atoms with van der Waals surface area (Å²) in [4.78, 5) is 40.3. The molecule has 0 unspecified atom stereocenters. The molecule has 0 aliphatic carbocycles. The van der Waals surface area contributed by atoms with E-state index in [1.807, 2.05) is 71.0 Å². The molecule has 0 radical (unpaired) electrons. The fourth-order valence-electron chi connectivity index (χ4n) is 5.82. The van der Waals surface area contributed by atoms with Crippen molar-refractivity contribution in [2.24, 2.45) is 17.8 Å². The Balaban J connectivity index is 1.71. The van der Waals surface area contributed by atoms with Crippen LogP contribution in [0.5, 0.6) is 0 Å². The molecular weight excluding hydrogens is 653 g/mol. The summed E-state index contributed by atoms with van der Waals surface area (Å²) in [5.41, 5.74) is 2.18. The van der Waals surface area contributed by atoms with Gasteiger partial charge in [0.2, 0.25) is 21.8 Å². The predicted molar refractivity (Wildman–Crippen MR) is 199 cm³/mol. The number of anilines is 1. The summed E-state index contributed by atoms with van der Waals surface area (Å²) >= 11 is 0. The Labute approximate surface area is 298 Å². The molecule has 3 aromatic carbocycles. The Morgan fingerprint density at radius 2 is 1.42 bits per heavy atom. The highest BCUT2D eigenvalue weighted by atomic mass is 32.2. The Morgan fingerprint density at radius 1 is 0.800 bits per heavy atom. The van der Waals surface area contributed by atoms with Crippen LogP contribution >= 0.6 is 0 Å². The lowest BCUT2D eigenvalue weighted by molar-refractivity contribution is -0.133. The fourth-order valence-corrected chi connectivity index (χ4v) is 7.06. The molecule has 3 rings (SSSR count). The van der Waals surface area contributed by atoms with Crippen LogP contribution in [0.15, 0.2) is 84.9 Å². The van der Waals surface area contributed by atoms with Crippen molar-refractivity contribution >= 4 is 33.4 Å². The van der Waals surface area contributed by atoms with Crippen LogP contribution in [0.2, 0.25) is 0 Å². The van der Waals surface area contributed by atoms with Crippen molar-refractivity contribution < 1.29 is 27.9 Å². The van der Waals surface area contributed by atoms with E-state index in [0.717, 1.165) is 9.87 Å². The van der Waals surface area contributed by atoms with E-state index < -0.39 is 40.0 Å². The van der Waals surface area contributed by atoms with E-state index in [2.05, 4.69) is 16.0 Å². The topological polar surface area (TPSA) is 145 Å².